The molecule has 3 aromatic rings. The second-order valence-electron chi connectivity index (χ2n) is 5.75. The van der Waals surface area contributed by atoms with Crippen LogP contribution in [0.1, 0.15) is 15.9 Å². The van der Waals surface area contributed by atoms with Gasteiger partial charge in [-0.3, -0.25) is 14.9 Å². The Hall–Kier alpha value is -3.71. The summed E-state index contributed by atoms with van der Waals surface area (Å²) < 4.78 is 1.64. The van der Waals surface area contributed by atoms with Gasteiger partial charge in [0.2, 0.25) is 0 Å². The Bertz CT molecular complexity index is 1070. The number of rotatable bonds is 6. The SMILES string of the molecule is Cn1cnnc1Sc1ccc(C(=O)Nc2ccc(CC#N)cc2)cc1[N+](=O)[O-]. The average molecular weight is 394 g/mol. The molecule has 0 saturated heterocycles. The number of amides is 1. The molecule has 0 bridgehead atoms. The maximum absolute atomic E-state index is 12.5. The number of nitrogens with one attached hydrogen (secondary N) is 1. The van der Waals surface area contributed by atoms with Gasteiger partial charge in [0.15, 0.2) is 5.16 Å². The standard InChI is InChI=1S/C18H14N6O3S/c1-23-11-20-22-18(23)28-16-7-4-13(10-15(16)24(26)27)17(25)21-14-5-2-12(3-6-14)8-9-19/h2-7,10-11H,8H2,1H3,(H,21,25). The highest BCUT2D eigenvalue weighted by molar-refractivity contribution is 7.99. The predicted molar refractivity (Wildman–Crippen MR) is 102 cm³/mol. The van der Waals surface area contributed by atoms with E-state index in [1.54, 1.807) is 35.9 Å². The van der Waals surface area contributed by atoms with Crippen LogP contribution < -0.4 is 5.32 Å². The van der Waals surface area contributed by atoms with Crippen molar-refractivity contribution in [2.24, 2.45) is 7.05 Å². The molecule has 1 heterocycles. The topological polar surface area (TPSA) is 127 Å². The van der Waals surface area contributed by atoms with Crippen LogP contribution in [0, 0.1) is 21.4 Å². The minimum Gasteiger partial charge on any atom is -0.322 e. The molecule has 0 unspecified atom stereocenters. The first-order valence-electron chi connectivity index (χ1n) is 8.05. The first kappa shape index (κ1) is 19.1. The number of nitriles is 1. The number of nitro groups is 1. The zero-order valence-corrected chi connectivity index (χ0v) is 15.5. The lowest BCUT2D eigenvalue weighted by atomic mass is 10.1. The van der Waals surface area contributed by atoms with E-state index >= 15 is 0 Å². The van der Waals surface area contributed by atoms with Crippen molar-refractivity contribution >= 4 is 29.0 Å². The van der Waals surface area contributed by atoms with Crippen molar-refractivity contribution in [3.8, 4) is 6.07 Å². The fourth-order valence-electron chi connectivity index (χ4n) is 2.35. The quantitative estimate of drug-likeness (QED) is 0.502. The minimum atomic E-state index is -0.536. The van der Waals surface area contributed by atoms with Gasteiger partial charge in [-0.1, -0.05) is 12.1 Å². The van der Waals surface area contributed by atoms with E-state index in [2.05, 4.69) is 15.5 Å². The first-order chi connectivity index (χ1) is 13.5. The monoisotopic (exact) mass is 394 g/mol. The summed E-state index contributed by atoms with van der Waals surface area (Å²) in [4.78, 5) is 23.7. The maximum atomic E-state index is 12.5. The van der Waals surface area contributed by atoms with E-state index in [0.717, 1.165) is 17.3 Å². The van der Waals surface area contributed by atoms with Crippen LogP contribution in [-0.2, 0) is 13.5 Å². The number of hydrogen-bond acceptors (Lipinski definition) is 7. The average Bonchev–Trinajstić information content (AvgIpc) is 3.08. The summed E-state index contributed by atoms with van der Waals surface area (Å²) in [7, 11) is 1.73. The molecular formula is C18H14N6O3S. The first-order valence-corrected chi connectivity index (χ1v) is 8.87. The molecule has 2 aromatic carbocycles. The van der Waals surface area contributed by atoms with E-state index in [9.17, 15) is 14.9 Å². The van der Waals surface area contributed by atoms with Crippen molar-refractivity contribution in [2.45, 2.75) is 16.5 Å². The molecule has 0 radical (unpaired) electrons. The Labute approximate surface area is 164 Å². The van der Waals surface area contributed by atoms with Gasteiger partial charge in [0.05, 0.1) is 22.3 Å². The Morgan fingerprint density at radius 2 is 2.07 bits per heavy atom. The van der Waals surface area contributed by atoms with Crippen LogP contribution in [0.3, 0.4) is 0 Å². The highest BCUT2D eigenvalue weighted by Crippen LogP contribution is 2.34. The van der Waals surface area contributed by atoms with Crippen LogP contribution in [0.5, 0.6) is 0 Å². The van der Waals surface area contributed by atoms with Gasteiger partial charge in [0, 0.05) is 24.4 Å². The normalized spacial score (nSPS) is 10.3. The van der Waals surface area contributed by atoms with Crippen LogP contribution in [0.15, 0.2) is 58.8 Å². The van der Waals surface area contributed by atoms with Crippen molar-refractivity contribution in [2.75, 3.05) is 5.32 Å². The molecule has 1 amide bonds. The summed E-state index contributed by atoms with van der Waals surface area (Å²) in [5, 5.41) is 31.0. The molecule has 0 atom stereocenters. The third-order valence-corrected chi connectivity index (χ3v) is 4.90. The molecule has 0 aliphatic rings. The number of aromatic nitrogens is 3. The van der Waals surface area contributed by atoms with Gasteiger partial charge >= 0.3 is 0 Å². The van der Waals surface area contributed by atoms with Crippen molar-refractivity contribution in [3.63, 3.8) is 0 Å². The summed E-state index contributed by atoms with van der Waals surface area (Å²) >= 11 is 1.10. The van der Waals surface area contributed by atoms with Crippen LogP contribution in [-0.4, -0.2) is 25.6 Å². The smallest absolute Gasteiger partial charge is 0.284 e. The lowest BCUT2D eigenvalue weighted by Crippen LogP contribution is -2.12. The molecule has 0 fully saturated rings. The number of anilines is 1. The molecule has 10 heteroatoms. The second kappa shape index (κ2) is 8.32. The van der Waals surface area contributed by atoms with Gasteiger partial charge in [-0.05, 0) is 41.6 Å². The number of nitro benzene ring substituents is 1. The van der Waals surface area contributed by atoms with Crippen LogP contribution in [0.2, 0.25) is 0 Å². The molecule has 28 heavy (non-hydrogen) atoms. The predicted octanol–water partition coefficient (Wildman–Crippen LogP) is 3.19. The largest absolute Gasteiger partial charge is 0.322 e. The molecule has 0 saturated carbocycles. The van der Waals surface area contributed by atoms with Gasteiger partial charge < -0.3 is 9.88 Å². The number of hydrogen-bond donors (Lipinski definition) is 1. The summed E-state index contributed by atoms with van der Waals surface area (Å²) in [6.45, 7) is 0. The molecule has 9 nitrogen and oxygen atoms in total. The van der Waals surface area contributed by atoms with Gasteiger partial charge in [-0.2, -0.15) is 5.26 Å². The number of nitrogens with zero attached hydrogens (tertiary/aromatic N) is 5. The van der Waals surface area contributed by atoms with E-state index in [1.165, 1.54) is 24.5 Å². The van der Waals surface area contributed by atoms with E-state index in [0.29, 0.717) is 15.7 Å². The molecule has 3 rings (SSSR count). The van der Waals surface area contributed by atoms with Crippen LogP contribution in [0.25, 0.3) is 0 Å². The fraction of sp³-hybridized carbons (Fsp3) is 0.111. The summed E-state index contributed by atoms with van der Waals surface area (Å²) in [6, 6.07) is 13.1. The lowest BCUT2D eigenvalue weighted by Gasteiger charge is -2.07. The molecule has 1 N–H and O–H groups in total. The lowest BCUT2D eigenvalue weighted by molar-refractivity contribution is -0.387. The fourth-order valence-corrected chi connectivity index (χ4v) is 3.20. The van der Waals surface area contributed by atoms with Gasteiger partial charge in [0.1, 0.15) is 6.33 Å². The van der Waals surface area contributed by atoms with E-state index in [4.69, 9.17) is 5.26 Å². The summed E-state index contributed by atoms with van der Waals surface area (Å²) in [6.07, 6.45) is 1.78. The number of carbonyl (C=O) groups is 1. The van der Waals surface area contributed by atoms with Gasteiger partial charge in [0.25, 0.3) is 11.6 Å². The van der Waals surface area contributed by atoms with Crippen molar-refractivity contribution < 1.29 is 9.72 Å². The van der Waals surface area contributed by atoms with E-state index in [-0.39, 0.29) is 17.7 Å². The van der Waals surface area contributed by atoms with Crippen molar-refractivity contribution in [1.29, 1.82) is 5.26 Å². The maximum Gasteiger partial charge on any atom is 0.284 e. The Kier molecular flexibility index (Phi) is 5.67. The summed E-state index contributed by atoms with van der Waals surface area (Å²) in [5.41, 5.74) is 1.34. The van der Waals surface area contributed by atoms with E-state index < -0.39 is 10.8 Å². The van der Waals surface area contributed by atoms with Crippen LogP contribution >= 0.6 is 11.8 Å². The Balaban J connectivity index is 1.81. The third-order valence-electron chi connectivity index (χ3n) is 3.78. The Morgan fingerprint density at radius 3 is 2.68 bits per heavy atom. The molecular weight excluding hydrogens is 380 g/mol. The van der Waals surface area contributed by atoms with Gasteiger partial charge in [-0.15, -0.1) is 10.2 Å². The molecule has 0 aliphatic carbocycles. The molecule has 140 valence electrons. The molecule has 1 aromatic heterocycles. The minimum absolute atomic E-state index is 0.162. The zero-order valence-electron chi connectivity index (χ0n) is 14.7. The Morgan fingerprint density at radius 1 is 1.32 bits per heavy atom. The third kappa shape index (κ3) is 4.33. The molecule has 0 aliphatic heterocycles. The number of aryl methyl sites for hydroxylation is 1. The van der Waals surface area contributed by atoms with Crippen molar-refractivity contribution in [3.05, 3.63) is 70.0 Å². The highest BCUT2D eigenvalue weighted by Gasteiger charge is 2.20. The molecule has 0 spiro atoms. The number of carbonyl (C=O) groups excluding carboxylic acids is 1. The zero-order chi connectivity index (χ0) is 20.1. The van der Waals surface area contributed by atoms with E-state index in [1.807, 2.05) is 6.07 Å². The summed E-state index contributed by atoms with van der Waals surface area (Å²) in [5.74, 6) is -0.466. The second-order valence-corrected chi connectivity index (χ2v) is 6.76. The van der Waals surface area contributed by atoms with Gasteiger partial charge in [-0.25, -0.2) is 0 Å². The number of benzene rings is 2. The van der Waals surface area contributed by atoms with Crippen LogP contribution in [0.4, 0.5) is 11.4 Å². The van der Waals surface area contributed by atoms with Crippen molar-refractivity contribution in [1.82, 2.24) is 14.8 Å². The highest BCUT2D eigenvalue weighted by atomic mass is 32.2.